The maximum atomic E-state index is 12.6. The van der Waals surface area contributed by atoms with Gasteiger partial charge in [0, 0.05) is 13.1 Å². The number of hydrogen-bond acceptors (Lipinski definition) is 6. The zero-order chi connectivity index (χ0) is 22.3. The zero-order valence-electron chi connectivity index (χ0n) is 16.9. The topological polar surface area (TPSA) is 187 Å². The number of nitrogens with zero attached hydrogens (tertiary/aromatic N) is 1. The van der Waals surface area contributed by atoms with E-state index in [1.807, 2.05) is 0 Å². The molecule has 9 N–H and O–H groups in total. The Bertz CT molecular complexity index is 784. The van der Waals surface area contributed by atoms with Crippen molar-refractivity contribution in [2.24, 2.45) is 11.5 Å². The largest absolute Gasteiger partial charge is 0.508 e. The molecule has 0 radical (unpaired) electrons. The number of hydrogen-bond donors (Lipinski definition) is 7. The standard InChI is InChI=1S/C19H29N7O4/c1-26-10-14(17(29)24-13(16(20)28)3-2-8-23-19(21)22)25-18(30)15(26)9-11-4-6-12(27)7-5-11/h4-7,13-15,27H,2-3,8-10H2,1H3,(H2,20,28)(H,24,29)(H,25,30)(H4,21,22,23)/t13-,14-,15-/m0/s1. The Kier molecular flexibility index (Phi) is 7.98. The highest BCUT2D eigenvalue weighted by Crippen LogP contribution is 2.16. The minimum atomic E-state index is -0.886. The van der Waals surface area contributed by atoms with Crippen LogP contribution in [-0.4, -0.2) is 72.0 Å². The molecule has 3 amide bonds. The van der Waals surface area contributed by atoms with Crippen LogP contribution in [0, 0.1) is 5.41 Å². The molecule has 1 aromatic rings. The SMILES string of the molecule is CN1C[C@@H](C(=O)N[C@@H](CCCNC(=N)N)C(N)=O)NC(=O)[C@@H]1Cc1ccc(O)cc1. The van der Waals surface area contributed by atoms with Gasteiger partial charge in [0.2, 0.25) is 17.7 Å². The number of piperazine rings is 1. The van der Waals surface area contributed by atoms with Gasteiger partial charge in [-0.2, -0.15) is 0 Å². The Balaban J connectivity index is 1.90. The average Bonchev–Trinajstić information content (AvgIpc) is 2.67. The fourth-order valence-electron chi connectivity index (χ4n) is 3.27. The van der Waals surface area contributed by atoms with Crippen molar-refractivity contribution < 1.29 is 19.5 Å². The van der Waals surface area contributed by atoms with Gasteiger partial charge < -0.3 is 32.5 Å². The summed E-state index contributed by atoms with van der Waals surface area (Å²) in [5, 5.41) is 24.4. The number of phenolic OH excluding ortho intramolecular Hbond substituents is 1. The Morgan fingerprint density at radius 3 is 2.57 bits per heavy atom. The molecule has 2 rings (SSSR count). The molecule has 0 aliphatic carbocycles. The molecule has 1 heterocycles. The van der Waals surface area contributed by atoms with Crippen LogP contribution in [0.4, 0.5) is 0 Å². The van der Waals surface area contributed by atoms with Gasteiger partial charge in [0.05, 0.1) is 6.04 Å². The van der Waals surface area contributed by atoms with E-state index in [4.69, 9.17) is 16.9 Å². The van der Waals surface area contributed by atoms with E-state index in [1.165, 1.54) is 0 Å². The monoisotopic (exact) mass is 419 g/mol. The average molecular weight is 419 g/mol. The van der Waals surface area contributed by atoms with Gasteiger partial charge in [0.25, 0.3) is 0 Å². The third-order valence-electron chi connectivity index (χ3n) is 4.95. The third kappa shape index (κ3) is 6.62. The number of aromatic hydroxyl groups is 1. The maximum absolute atomic E-state index is 12.6. The summed E-state index contributed by atoms with van der Waals surface area (Å²) in [7, 11) is 1.75. The van der Waals surface area contributed by atoms with E-state index in [0.717, 1.165) is 5.56 Å². The smallest absolute Gasteiger partial charge is 0.244 e. The molecule has 0 bridgehead atoms. The van der Waals surface area contributed by atoms with Crippen molar-refractivity contribution in [2.45, 2.75) is 37.4 Å². The van der Waals surface area contributed by atoms with Crippen molar-refractivity contribution in [3.8, 4) is 5.75 Å². The van der Waals surface area contributed by atoms with Crippen molar-refractivity contribution in [1.82, 2.24) is 20.9 Å². The van der Waals surface area contributed by atoms with Gasteiger partial charge in [-0.05, 0) is 44.0 Å². The lowest BCUT2D eigenvalue weighted by Crippen LogP contribution is -2.64. The van der Waals surface area contributed by atoms with E-state index >= 15 is 0 Å². The molecule has 0 unspecified atom stereocenters. The van der Waals surface area contributed by atoms with Crippen molar-refractivity contribution >= 4 is 23.7 Å². The fourth-order valence-corrected chi connectivity index (χ4v) is 3.27. The summed E-state index contributed by atoms with van der Waals surface area (Å²) in [5.41, 5.74) is 11.5. The molecule has 11 heteroatoms. The summed E-state index contributed by atoms with van der Waals surface area (Å²) >= 11 is 0. The molecule has 11 nitrogen and oxygen atoms in total. The number of rotatable bonds is 9. The summed E-state index contributed by atoms with van der Waals surface area (Å²) in [5.74, 6) is -1.48. The summed E-state index contributed by atoms with van der Waals surface area (Å²) in [6, 6.07) is 4.45. The number of benzene rings is 1. The number of likely N-dealkylation sites (N-methyl/N-ethyl adjacent to an activating group) is 1. The minimum Gasteiger partial charge on any atom is -0.508 e. The van der Waals surface area contributed by atoms with Gasteiger partial charge in [-0.15, -0.1) is 0 Å². The molecule has 0 saturated carbocycles. The van der Waals surface area contributed by atoms with E-state index in [1.54, 1.807) is 36.2 Å². The lowest BCUT2D eigenvalue weighted by molar-refractivity contribution is -0.137. The second-order valence-electron chi connectivity index (χ2n) is 7.33. The van der Waals surface area contributed by atoms with E-state index in [9.17, 15) is 19.5 Å². The van der Waals surface area contributed by atoms with Crippen molar-refractivity contribution in [2.75, 3.05) is 20.1 Å². The molecule has 1 aromatic carbocycles. The molecule has 3 atom stereocenters. The van der Waals surface area contributed by atoms with Crippen molar-refractivity contribution in [3.05, 3.63) is 29.8 Å². The van der Waals surface area contributed by atoms with Crippen LogP contribution in [-0.2, 0) is 20.8 Å². The van der Waals surface area contributed by atoms with Crippen molar-refractivity contribution in [1.29, 1.82) is 5.41 Å². The number of nitrogens with two attached hydrogens (primary N) is 2. The van der Waals surface area contributed by atoms with Gasteiger partial charge in [0.1, 0.15) is 17.8 Å². The Labute approximate surface area is 174 Å². The molecule has 30 heavy (non-hydrogen) atoms. The molecule has 1 aliphatic rings. The second kappa shape index (κ2) is 10.4. The van der Waals surface area contributed by atoms with Gasteiger partial charge in [0.15, 0.2) is 5.96 Å². The second-order valence-corrected chi connectivity index (χ2v) is 7.33. The predicted molar refractivity (Wildman–Crippen MR) is 110 cm³/mol. The van der Waals surface area contributed by atoms with Crippen LogP contribution in [0.25, 0.3) is 0 Å². The van der Waals surface area contributed by atoms with Crippen LogP contribution in [0.3, 0.4) is 0 Å². The van der Waals surface area contributed by atoms with E-state index in [0.29, 0.717) is 19.4 Å². The molecular formula is C19H29N7O4. The lowest BCUT2D eigenvalue weighted by Gasteiger charge is -2.36. The third-order valence-corrected chi connectivity index (χ3v) is 4.95. The lowest BCUT2D eigenvalue weighted by atomic mass is 10.00. The first-order chi connectivity index (χ1) is 14.2. The molecule has 164 valence electrons. The highest BCUT2D eigenvalue weighted by atomic mass is 16.3. The predicted octanol–water partition coefficient (Wildman–Crippen LogP) is -2.03. The van der Waals surface area contributed by atoms with E-state index < -0.39 is 29.9 Å². The Morgan fingerprint density at radius 2 is 2.00 bits per heavy atom. The van der Waals surface area contributed by atoms with Crippen molar-refractivity contribution in [3.63, 3.8) is 0 Å². The van der Waals surface area contributed by atoms with Gasteiger partial charge in [-0.1, -0.05) is 12.1 Å². The number of carbonyl (C=O) groups is 3. The summed E-state index contributed by atoms with van der Waals surface area (Å²) in [4.78, 5) is 38.6. The first-order valence-corrected chi connectivity index (χ1v) is 9.63. The molecule has 0 aromatic heterocycles. The highest BCUT2D eigenvalue weighted by Gasteiger charge is 2.36. The zero-order valence-corrected chi connectivity index (χ0v) is 16.9. The van der Waals surface area contributed by atoms with E-state index in [-0.39, 0.29) is 30.6 Å². The molecule has 1 fully saturated rings. The quantitative estimate of drug-likeness (QED) is 0.136. The van der Waals surface area contributed by atoms with Crippen LogP contribution < -0.4 is 27.4 Å². The molecule has 0 spiro atoms. The molecule has 1 saturated heterocycles. The number of carbonyl (C=O) groups excluding carboxylic acids is 3. The fraction of sp³-hybridized carbons (Fsp3) is 0.474. The van der Waals surface area contributed by atoms with Crippen LogP contribution in [0.15, 0.2) is 24.3 Å². The normalized spacial score (nSPS) is 20.1. The Morgan fingerprint density at radius 1 is 1.33 bits per heavy atom. The molecular weight excluding hydrogens is 390 g/mol. The van der Waals surface area contributed by atoms with Crippen LogP contribution >= 0.6 is 0 Å². The Hall–Kier alpha value is -3.34. The minimum absolute atomic E-state index is 0.151. The number of amides is 3. The van der Waals surface area contributed by atoms with E-state index in [2.05, 4.69) is 16.0 Å². The van der Waals surface area contributed by atoms with Crippen LogP contribution in [0.5, 0.6) is 5.75 Å². The first-order valence-electron chi connectivity index (χ1n) is 9.63. The highest BCUT2D eigenvalue weighted by molar-refractivity contribution is 5.93. The number of guanidine groups is 1. The number of primary amides is 1. The van der Waals surface area contributed by atoms with Gasteiger partial charge in [-0.3, -0.25) is 24.7 Å². The number of phenols is 1. The number of nitrogens with one attached hydrogen (secondary N) is 4. The summed E-state index contributed by atoms with van der Waals surface area (Å²) in [6.45, 7) is 0.647. The summed E-state index contributed by atoms with van der Waals surface area (Å²) < 4.78 is 0. The van der Waals surface area contributed by atoms with Gasteiger partial charge in [-0.25, -0.2) is 0 Å². The first kappa shape index (κ1) is 22.9. The molecule has 1 aliphatic heterocycles. The van der Waals surface area contributed by atoms with Gasteiger partial charge >= 0.3 is 0 Å². The van der Waals surface area contributed by atoms with Crippen LogP contribution in [0.2, 0.25) is 0 Å². The summed E-state index contributed by atoms with van der Waals surface area (Å²) in [6.07, 6.45) is 1.18. The van der Waals surface area contributed by atoms with Crippen LogP contribution in [0.1, 0.15) is 18.4 Å². The maximum Gasteiger partial charge on any atom is 0.244 e.